The van der Waals surface area contributed by atoms with E-state index in [1.54, 1.807) is 24.3 Å². The molecule has 7 heterocycles. The van der Waals surface area contributed by atoms with E-state index >= 15 is 0 Å². The van der Waals surface area contributed by atoms with Crippen LogP contribution in [-0.4, -0.2) is 29.9 Å². The van der Waals surface area contributed by atoms with Gasteiger partial charge in [0.1, 0.15) is 0 Å². The number of para-hydroxylation sites is 2. The quantitative estimate of drug-likeness (QED) is 0.131. The molecule has 0 saturated carbocycles. The normalized spacial score (nSPS) is 11.9. The van der Waals surface area contributed by atoms with E-state index in [0.717, 1.165) is 100 Å². The molecule has 0 amide bonds. The van der Waals surface area contributed by atoms with Crippen molar-refractivity contribution in [3.63, 3.8) is 0 Å². The molecule has 12 aromatic rings. The van der Waals surface area contributed by atoms with Crippen molar-refractivity contribution in [2.24, 2.45) is 0 Å². The summed E-state index contributed by atoms with van der Waals surface area (Å²) in [5, 5.41) is 2.44. The Morgan fingerprint density at radius 1 is 0.250 bits per heavy atom. The van der Waals surface area contributed by atoms with Crippen LogP contribution in [-0.2, 0) is 0 Å². The summed E-state index contributed by atoms with van der Waals surface area (Å²) in [6.45, 7) is 0. The molecular weight excluding hydrogens is 885 g/mol. The van der Waals surface area contributed by atoms with Crippen LogP contribution in [0.25, 0.3) is 134 Å². The summed E-state index contributed by atoms with van der Waals surface area (Å²) in [5.74, 6) is 0. The van der Waals surface area contributed by atoms with Crippen molar-refractivity contribution in [2.45, 2.75) is 0 Å². The fourth-order valence-corrected chi connectivity index (χ4v) is 10.2. The maximum absolute atomic E-state index is 12.8. The maximum Gasteiger partial charge on any atom is 0.197 e. The second kappa shape index (κ2) is 17.6. The molecule has 0 unspecified atom stereocenters. The van der Waals surface area contributed by atoms with Crippen molar-refractivity contribution in [3.05, 3.63) is 249 Å². The van der Waals surface area contributed by atoms with Gasteiger partial charge < -0.3 is 19.9 Å². The number of hydrogen-bond acceptors (Lipinski definition) is 4. The zero-order valence-corrected chi connectivity index (χ0v) is 38.7. The first-order chi connectivity index (χ1) is 35.5. The summed E-state index contributed by atoms with van der Waals surface area (Å²) in [6, 6.07) is 69.0. The summed E-state index contributed by atoms with van der Waals surface area (Å²) in [5.41, 5.74) is 19.0. The van der Waals surface area contributed by atoms with E-state index < -0.39 is 0 Å². The first-order valence-corrected chi connectivity index (χ1v) is 23.9. The lowest BCUT2D eigenvalue weighted by Crippen LogP contribution is -2.08. The van der Waals surface area contributed by atoms with Crippen molar-refractivity contribution in [1.82, 2.24) is 29.9 Å². The van der Waals surface area contributed by atoms with E-state index in [-0.39, 0.29) is 10.9 Å². The number of hydrogen-bond donors (Lipinski definition) is 4. The largest absolute Gasteiger partial charge is 0.354 e. The van der Waals surface area contributed by atoms with Gasteiger partial charge in [-0.3, -0.25) is 9.59 Å². The average molecular weight is 927 g/mol. The molecule has 8 bridgehead atoms. The molecule has 72 heavy (non-hydrogen) atoms. The minimum Gasteiger partial charge on any atom is -0.354 e. The fraction of sp³-hybridized carbons (Fsp3) is 0. The zero-order valence-electron chi connectivity index (χ0n) is 38.7. The standard InChI is InChI=1S/C44H30N4.C20H12N2O2/c1-5-13-29(14-6-1)41-33-21-23-35(45-33)42(30-15-7-2-8-16-30)37-25-27-39(47-37)44(32-19-11-4-12-20-32)40-28-26-38(48-40)43(31-17-9-3-10-18-31)36-24-22-34(41)46-36;23-19-11-5-1-3-7-15(11)21-17-10-14-18(9-13(17)19)22-16-8-4-2-6-12(16)20(14)24/h1-28,45,48H;1-10H,(H,21,23)(H,22,24). The van der Waals surface area contributed by atoms with Crippen LogP contribution in [0.2, 0.25) is 0 Å². The molecule has 8 nitrogen and oxygen atoms in total. The molecule has 0 aliphatic carbocycles. The number of H-pyrrole nitrogens is 4. The second-order valence-electron chi connectivity index (χ2n) is 17.9. The van der Waals surface area contributed by atoms with E-state index in [9.17, 15) is 9.59 Å². The van der Waals surface area contributed by atoms with Gasteiger partial charge in [-0.25, -0.2) is 9.97 Å². The Hall–Kier alpha value is -9.92. The van der Waals surface area contributed by atoms with Crippen molar-refractivity contribution in [3.8, 4) is 44.5 Å². The summed E-state index contributed by atoms with van der Waals surface area (Å²) >= 11 is 0. The number of rotatable bonds is 4. The predicted octanol–water partition coefficient (Wildman–Crippen LogP) is 15.0. The Balaban J connectivity index is 0.000000175. The number of aromatic amines is 4. The van der Waals surface area contributed by atoms with Gasteiger partial charge in [-0.1, -0.05) is 146 Å². The van der Waals surface area contributed by atoms with Crippen molar-refractivity contribution >= 4 is 90.0 Å². The fourth-order valence-electron chi connectivity index (χ4n) is 10.2. The predicted molar refractivity (Wildman–Crippen MR) is 298 cm³/mol. The Bertz CT molecular complexity index is 4020. The third-order valence-electron chi connectivity index (χ3n) is 13.5. The summed E-state index contributed by atoms with van der Waals surface area (Å²) in [4.78, 5) is 50.4. The molecule has 0 atom stereocenters. The lowest BCUT2D eigenvalue weighted by molar-refractivity contribution is 1.31. The summed E-state index contributed by atoms with van der Waals surface area (Å²) in [7, 11) is 0. The molecule has 5 aromatic heterocycles. The van der Waals surface area contributed by atoms with Crippen molar-refractivity contribution in [1.29, 1.82) is 0 Å². The van der Waals surface area contributed by atoms with Gasteiger partial charge in [0.2, 0.25) is 0 Å². The molecule has 2 aliphatic rings. The minimum absolute atomic E-state index is 0.0322. The number of aromatic nitrogens is 6. The third kappa shape index (κ3) is 7.42. The minimum atomic E-state index is -0.0322. The number of fused-ring (bicyclic) bond motifs is 12. The lowest BCUT2D eigenvalue weighted by atomic mass is 10.0. The van der Waals surface area contributed by atoms with Crippen LogP contribution in [0.15, 0.2) is 216 Å². The van der Waals surface area contributed by atoms with Gasteiger partial charge >= 0.3 is 0 Å². The molecule has 0 spiro atoms. The van der Waals surface area contributed by atoms with Gasteiger partial charge in [-0.15, -0.1) is 0 Å². The smallest absolute Gasteiger partial charge is 0.197 e. The van der Waals surface area contributed by atoms with Crippen LogP contribution in [0.3, 0.4) is 0 Å². The molecule has 7 aromatic carbocycles. The Kier molecular flexibility index (Phi) is 10.3. The molecule has 0 saturated heterocycles. The monoisotopic (exact) mass is 926 g/mol. The summed E-state index contributed by atoms with van der Waals surface area (Å²) < 4.78 is 0. The van der Waals surface area contributed by atoms with Gasteiger partial charge in [-0.2, -0.15) is 0 Å². The van der Waals surface area contributed by atoms with E-state index in [2.05, 4.69) is 166 Å². The SMILES string of the molecule is C1=Cc2nc1c(-c1ccccc1)c1ccc([nH]1)c(-c1ccccc1)c1nc(c(-c3ccccc3)c3ccc([nH]3)c2-c2ccccc2)C=C1.O=c1c2ccccc2[nH]c2cc3c(=O)c4ccccc4[nH]c3cc12. The topological polar surface area (TPSA) is 123 Å². The molecular formula is C64H42N6O2. The Labute approximate surface area is 412 Å². The molecule has 0 fully saturated rings. The van der Waals surface area contributed by atoms with Crippen LogP contribution < -0.4 is 10.9 Å². The Morgan fingerprint density at radius 3 is 0.819 bits per heavy atom. The van der Waals surface area contributed by atoms with E-state index in [1.165, 1.54) is 0 Å². The highest BCUT2D eigenvalue weighted by molar-refractivity contribution is 6.03. The van der Waals surface area contributed by atoms with Gasteiger partial charge in [0.25, 0.3) is 0 Å². The number of benzene rings is 7. The molecule has 4 N–H and O–H groups in total. The molecule has 14 rings (SSSR count). The zero-order chi connectivity index (χ0) is 48.1. The van der Waals surface area contributed by atoms with Crippen LogP contribution in [0.4, 0.5) is 0 Å². The van der Waals surface area contributed by atoms with Crippen LogP contribution in [0.1, 0.15) is 22.8 Å². The molecule has 340 valence electrons. The van der Waals surface area contributed by atoms with Crippen LogP contribution in [0.5, 0.6) is 0 Å². The van der Waals surface area contributed by atoms with Gasteiger partial charge in [-0.05, 0) is 107 Å². The molecule has 0 radical (unpaired) electrons. The van der Waals surface area contributed by atoms with Gasteiger partial charge in [0, 0.05) is 76.9 Å². The van der Waals surface area contributed by atoms with E-state index in [4.69, 9.17) is 9.97 Å². The maximum atomic E-state index is 12.8. The highest BCUT2D eigenvalue weighted by Crippen LogP contribution is 2.38. The lowest BCUT2D eigenvalue weighted by Gasteiger charge is -2.07. The van der Waals surface area contributed by atoms with Crippen LogP contribution >= 0.6 is 0 Å². The third-order valence-corrected chi connectivity index (χ3v) is 13.5. The first-order valence-electron chi connectivity index (χ1n) is 23.9. The summed E-state index contributed by atoms with van der Waals surface area (Å²) in [6.07, 6.45) is 8.54. The second-order valence-corrected chi connectivity index (χ2v) is 17.9. The van der Waals surface area contributed by atoms with Crippen molar-refractivity contribution in [2.75, 3.05) is 0 Å². The van der Waals surface area contributed by atoms with E-state index in [0.29, 0.717) is 32.6 Å². The van der Waals surface area contributed by atoms with E-state index in [1.807, 2.05) is 60.7 Å². The number of pyridine rings is 2. The first kappa shape index (κ1) is 42.2. The molecule has 8 heteroatoms. The van der Waals surface area contributed by atoms with Crippen LogP contribution in [0, 0.1) is 0 Å². The molecule has 2 aliphatic heterocycles. The van der Waals surface area contributed by atoms with Gasteiger partial charge in [0.15, 0.2) is 10.9 Å². The van der Waals surface area contributed by atoms with Gasteiger partial charge in [0.05, 0.1) is 33.8 Å². The average Bonchev–Trinajstić information content (AvgIpc) is 4.29. The number of nitrogens with one attached hydrogen (secondary N) is 4. The van der Waals surface area contributed by atoms with Crippen molar-refractivity contribution < 1.29 is 0 Å². The highest BCUT2D eigenvalue weighted by Gasteiger charge is 2.19. The highest BCUT2D eigenvalue weighted by atomic mass is 16.1. The Morgan fingerprint density at radius 2 is 0.514 bits per heavy atom. The number of nitrogens with zero attached hydrogens (tertiary/aromatic N) is 2.